The molecule has 0 N–H and O–H groups in total. The molecule has 0 fully saturated rings. The lowest BCUT2D eigenvalue weighted by molar-refractivity contribution is -0.148. The molecule has 1 aliphatic heterocycles. The van der Waals surface area contributed by atoms with E-state index in [1.807, 2.05) is 6.92 Å². The standard InChI is InChI=1S/C14H15NO4/c1-3-8-15-12(16)10-7-5-4-6-9(10)11(13(15)17)14(18)19-2/h4-7,11H,3,8H2,1-2H3. The van der Waals surface area contributed by atoms with Gasteiger partial charge < -0.3 is 4.74 Å². The quantitative estimate of drug-likeness (QED) is 0.468. The second-order valence-electron chi connectivity index (χ2n) is 4.34. The van der Waals surface area contributed by atoms with Gasteiger partial charge in [0.25, 0.3) is 5.91 Å². The second-order valence-corrected chi connectivity index (χ2v) is 4.34. The molecule has 1 aromatic rings. The van der Waals surface area contributed by atoms with Gasteiger partial charge in [0.2, 0.25) is 5.91 Å². The first-order valence-corrected chi connectivity index (χ1v) is 6.14. The Hall–Kier alpha value is -2.17. The lowest BCUT2D eigenvalue weighted by Crippen LogP contribution is -2.47. The van der Waals surface area contributed by atoms with E-state index >= 15 is 0 Å². The number of benzene rings is 1. The summed E-state index contributed by atoms with van der Waals surface area (Å²) >= 11 is 0. The summed E-state index contributed by atoms with van der Waals surface area (Å²) in [7, 11) is 1.23. The summed E-state index contributed by atoms with van der Waals surface area (Å²) in [5, 5.41) is 0. The van der Waals surface area contributed by atoms with Crippen LogP contribution < -0.4 is 0 Å². The molecular weight excluding hydrogens is 246 g/mol. The number of carbonyl (C=O) groups is 3. The van der Waals surface area contributed by atoms with Gasteiger partial charge >= 0.3 is 5.97 Å². The van der Waals surface area contributed by atoms with Crippen molar-refractivity contribution >= 4 is 17.8 Å². The molecule has 2 rings (SSSR count). The fourth-order valence-electron chi connectivity index (χ4n) is 2.26. The van der Waals surface area contributed by atoms with Gasteiger partial charge in [0, 0.05) is 12.1 Å². The molecular formula is C14H15NO4. The Bertz CT molecular complexity index is 538. The molecule has 0 saturated heterocycles. The van der Waals surface area contributed by atoms with Crippen molar-refractivity contribution in [2.45, 2.75) is 19.3 Å². The molecule has 100 valence electrons. The number of rotatable bonds is 3. The van der Waals surface area contributed by atoms with Crippen molar-refractivity contribution in [3.8, 4) is 0 Å². The van der Waals surface area contributed by atoms with E-state index in [9.17, 15) is 14.4 Å². The molecule has 1 heterocycles. The van der Waals surface area contributed by atoms with Gasteiger partial charge in [-0.25, -0.2) is 0 Å². The summed E-state index contributed by atoms with van der Waals surface area (Å²) in [6.45, 7) is 2.17. The minimum absolute atomic E-state index is 0.305. The van der Waals surface area contributed by atoms with Gasteiger partial charge in [0.05, 0.1) is 7.11 Å². The molecule has 5 heteroatoms. The number of amides is 2. The van der Waals surface area contributed by atoms with Crippen LogP contribution in [-0.2, 0) is 14.3 Å². The van der Waals surface area contributed by atoms with Crippen molar-refractivity contribution in [3.05, 3.63) is 35.4 Å². The molecule has 19 heavy (non-hydrogen) atoms. The highest BCUT2D eigenvalue weighted by molar-refractivity contribution is 6.18. The summed E-state index contributed by atoms with van der Waals surface area (Å²) in [5.74, 6) is -2.52. The summed E-state index contributed by atoms with van der Waals surface area (Å²) < 4.78 is 4.68. The third-order valence-corrected chi connectivity index (χ3v) is 3.14. The first-order chi connectivity index (χ1) is 9.11. The number of hydrogen-bond donors (Lipinski definition) is 0. The minimum Gasteiger partial charge on any atom is -0.468 e. The van der Waals surface area contributed by atoms with E-state index in [2.05, 4.69) is 4.74 Å². The summed E-state index contributed by atoms with van der Waals surface area (Å²) in [6.07, 6.45) is 0.646. The van der Waals surface area contributed by atoms with Crippen molar-refractivity contribution in [1.82, 2.24) is 4.90 Å². The van der Waals surface area contributed by atoms with E-state index in [4.69, 9.17) is 0 Å². The maximum atomic E-state index is 12.3. The van der Waals surface area contributed by atoms with Crippen molar-refractivity contribution in [1.29, 1.82) is 0 Å². The van der Waals surface area contributed by atoms with Gasteiger partial charge in [-0.15, -0.1) is 0 Å². The average molecular weight is 261 g/mol. The van der Waals surface area contributed by atoms with E-state index in [1.165, 1.54) is 7.11 Å². The molecule has 1 aromatic carbocycles. The predicted molar refractivity (Wildman–Crippen MR) is 67.5 cm³/mol. The van der Waals surface area contributed by atoms with Crippen molar-refractivity contribution in [2.75, 3.05) is 13.7 Å². The van der Waals surface area contributed by atoms with E-state index < -0.39 is 17.8 Å². The monoisotopic (exact) mass is 261 g/mol. The number of imide groups is 1. The Morgan fingerprint density at radius 2 is 2.00 bits per heavy atom. The molecule has 0 spiro atoms. The molecule has 0 aliphatic carbocycles. The van der Waals surface area contributed by atoms with Gasteiger partial charge in [0.1, 0.15) is 0 Å². The highest BCUT2D eigenvalue weighted by Crippen LogP contribution is 2.30. The zero-order chi connectivity index (χ0) is 14.0. The SMILES string of the molecule is CCCN1C(=O)c2ccccc2C(C(=O)OC)C1=O. The van der Waals surface area contributed by atoms with Crippen LogP contribution >= 0.6 is 0 Å². The lowest BCUT2D eigenvalue weighted by atomic mass is 9.88. The van der Waals surface area contributed by atoms with Gasteiger partial charge in [-0.2, -0.15) is 0 Å². The van der Waals surface area contributed by atoms with Gasteiger partial charge in [-0.1, -0.05) is 25.1 Å². The van der Waals surface area contributed by atoms with E-state index in [-0.39, 0.29) is 5.91 Å². The van der Waals surface area contributed by atoms with Crippen LogP contribution in [0.15, 0.2) is 24.3 Å². The number of carbonyl (C=O) groups excluding carboxylic acids is 3. The average Bonchev–Trinajstić information content (AvgIpc) is 2.43. The Kier molecular flexibility index (Phi) is 3.64. The third-order valence-electron chi connectivity index (χ3n) is 3.14. The maximum Gasteiger partial charge on any atom is 0.322 e. The highest BCUT2D eigenvalue weighted by Gasteiger charge is 2.42. The normalized spacial score (nSPS) is 18.2. The minimum atomic E-state index is -1.04. The van der Waals surface area contributed by atoms with E-state index in [0.717, 1.165) is 4.90 Å². The van der Waals surface area contributed by atoms with Crippen LogP contribution in [0.2, 0.25) is 0 Å². The molecule has 0 saturated carbocycles. The third kappa shape index (κ3) is 2.12. The van der Waals surface area contributed by atoms with Crippen LogP contribution in [0.5, 0.6) is 0 Å². The topological polar surface area (TPSA) is 63.7 Å². The molecule has 0 aromatic heterocycles. The summed E-state index contributed by atoms with van der Waals surface area (Å²) in [4.78, 5) is 37.5. The fraction of sp³-hybridized carbons (Fsp3) is 0.357. The second kappa shape index (κ2) is 5.22. The first kappa shape index (κ1) is 13.3. The Morgan fingerprint density at radius 3 is 2.63 bits per heavy atom. The lowest BCUT2D eigenvalue weighted by Gasteiger charge is -2.30. The van der Waals surface area contributed by atoms with E-state index in [0.29, 0.717) is 24.1 Å². The fourth-order valence-corrected chi connectivity index (χ4v) is 2.26. The number of hydrogen-bond acceptors (Lipinski definition) is 4. The van der Waals surface area contributed by atoms with E-state index in [1.54, 1.807) is 24.3 Å². The van der Waals surface area contributed by atoms with Crippen LogP contribution in [0, 0.1) is 0 Å². The number of fused-ring (bicyclic) bond motifs is 1. The molecule has 1 unspecified atom stereocenters. The molecule has 2 amide bonds. The smallest absolute Gasteiger partial charge is 0.322 e. The zero-order valence-corrected chi connectivity index (χ0v) is 10.9. The zero-order valence-electron chi connectivity index (χ0n) is 10.9. The van der Waals surface area contributed by atoms with Gasteiger partial charge in [-0.05, 0) is 18.1 Å². The Morgan fingerprint density at radius 1 is 1.32 bits per heavy atom. The largest absolute Gasteiger partial charge is 0.468 e. The van der Waals surface area contributed by atoms with Gasteiger partial charge in [-0.3, -0.25) is 19.3 Å². The van der Waals surface area contributed by atoms with Gasteiger partial charge in [0.15, 0.2) is 5.92 Å². The van der Waals surface area contributed by atoms with Crippen LogP contribution in [0.3, 0.4) is 0 Å². The number of ether oxygens (including phenoxy) is 1. The number of nitrogens with zero attached hydrogens (tertiary/aromatic N) is 1. The maximum absolute atomic E-state index is 12.3. The first-order valence-electron chi connectivity index (χ1n) is 6.14. The number of esters is 1. The Labute approximate surface area is 111 Å². The van der Waals surface area contributed by atoms with Crippen LogP contribution in [0.4, 0.5) is 0 Å². The number of methoxy groups -OCH3 is 1. The van der Waals surface area contributed by atoms with Crippen molar-refractivity contribution in [2.24, 2.45) is 0 Å². The predicted octanol–water partition coefficient (Wildman–Crippen LogP) is 1.34. The van der Waals surface area contributed by atoms with Crippen LogP contribution in [-0.4, -0.2) is 36.3 Å². The highest BCUT2D eigenvalue weighted by atomic mass is 16.5. The van der Waals surface area contributed by atoms with Crippen LogP contribution in [0.1, 0.15) is 35.2 Å². The molecule has 0 bridgehead atoms. The molecule has 0 radical (unpaired) electrons. The van der Waals surface area contributed by atoms with Crippen molar-refractivity contribution < 1.29 is 19.1 Å². The Balaban J connectivity index is 2.54. The molecule has 1 atom stereocenters. The van der Waals surface area contributed by atoms with Crippen molar-refractivity contribution in [3.63, 3.8) is 0 Å². The van der Waals surface area contributed by atoms with Crippen LogP contribution in [0.25, 0.3) is 0 Å². The summed E-state index contributed by atoms with van der Waals surface area (Å²) in [6, 6.07) is 6.66. The molecule has 5 nitrogen and oxygen atoms in total. The summed E-state index contributed by atoms with van der Waals surface area (Å²) in [5.41, 5.74) is 0.822. The molecule has 1 aliphatic rings.